The summed E-state index contributed by atoms with van der Waals surface area (Å²) in [5.41, 5.74) is 9.72. The number of aromatic amines is 2. The monoisotopic (exact) mass is 520 g/mol. The molecule has 0 atom stereocenters. The lowest BCUT2D eigenvalue weighted by Crippen LogP contribution is -2.02. The zero-order chi connectivity index (χ0) is 26.8. The summed E-state index contributed by atoms with van der Waals surface area (Å²) in [6, 6.07) is 10.7. The largest absolute Gasteiger partial charge is 0.358 e. The maximum absolute atomic E-state index is 4.63. The lowest BCUT2D eigenvalue weighted by atomic mass is 10.0. The van der Waals surface area contributed by atoms with Gasteiger partial charge >= 0.3 is 0 Å². The molecule has 0 bridgehead atoms. The van der Waals surface area contributed by atoms with E-state index in [2.05, 4.69) is 108 Å². The van der Waals surface area contributed by atoms with Crippen molar-refractivity contribution in [1.82, 2.24) is 25.1 Å². The number of anilines is 1. The normalized spacial score (nSPS) is 11.9. The highest BCUT2D eigenvalue weighted by Gasteiger charge is 2.17. The Morgan fingerprint density at radius 2 is 1.92 bits per heavy atom. The molecule has 0 aliphatic rings. The molecule has 5 aromatic rings. The second kappa shape index (κ2) is 10.6. The first kappa shape index (κ1) is 25.4. The summed E-state index contributed by atoms with van der Waals surface area (Å²) in [5.74, 6) is 0.534. The SMILES string of the molecule is C=C/C=C(/c1ccc(C)s1)c1cc(-c2[nH]nc3ncc(-c4cncc(NC(=C)CC(C)C)c4)cc23)[nH]c1C. The molecule has 3 N–H and O–H groups in total. The molecule has 0 radical (unpaired) electrons. The van der Waals surface area contributed by atoms with E-state index in [1.54, 1.807) is 11.3 Å². The molecule has 5 heterocycles. The zero-order valence-electron chi connectivity index (χ0n) is 22.2. The van der Waals surface area contributed by atoms with E-state index in [1.165, 1.54) is 9.75 Å². The Morgan fingerprint density at radius 3 is 2.66 bits per heavy atom. The third kappa shape index (κ3) is 5.24. The molecule has 0 aliphatic heterocycles. The Balaban J connectivity index is 1.50. The van der Waals surface area contributed by atoms with Crippen LogP contribution in [0.4, 0.5) is 5.69 Å². The number of pyridine rings is 2. The van der Waals surface area contributed by atoms with Gasteiger partial charge in [-0.1, -0.05) is 39.2 Å². The van der Waals surface area contributed by atoms with E-state index in [-0.39, 0.29) is 0 Å². The van der Waals surface area contributed by atoms with Crippen LogP contribution in [0.1, 0.15) is 41.3 Å². The highest BCUT2D eigenvalue weighted by atomic mass is 32.1. The smallest absolute Gasteiger partial charge is 0.181 e. The van der Waals surface area contributed by atoms with E-state index in [0.717, 1.165) is 62.5 Å². The third-order valence-corrected chi connectivity index (χ3v) is 7.36. The molecule has 0 unspecified atom stereocenters. The molecule has 0 spiro atoms. The quantitative estimate of drug-likeness (QED) is 0.171. The molecule has 6 nitrogen and oxygen atoms in total. The molecular formula is C31H32N6S. The topological polar surface area (TPSA) is 82.3 Å². The van der Waals surface area contributed by atoms with Crippen LogP contribution in [0, 0.1) is 19.8 Å². The lowest BCUT2D eigenvalue weighted by Gasteiger charge is -2.12. The van der Waals surface area contributed by atoms with Crippen molar-refractivity contribution in [1.29, 1.82) is 0 Å². The molecule has 0 aromatic carbocycles. The molecule has 5 rings (SSSR count). The first-order valence-electron chi connectivity index (χ1n) is 12.7. The van der Waals surface area contributed by atoms with Gasteiger partial charge in [0.1, 0.15) is 0 Å². The number of hydrogen-bond donors (Lipinski definition) is 3. The van der Waals surface area contributed by atoms with Crippen LogP contribution in [0.15, 0.2) is 79.9 Å². The molecule has 7 heteroatoms. The average molecular weight is 521 g/mol. The second-order valence-corrected chi connectivity index (χ2v) is 11.2. The van der Waals surface area contributed by atoms with Gasteiger partial charge in [0.05, 0.1) is 23.3 Å². The lowest BCUT2D eigenvalue weighted by molar-refractivity contribution is 0.645. The Morgan fingerprint density at radius 1 is 1.11 bits per heavy atom. The molecule has 5 aromatic heterocycles. The first-order valence-corrected chi connectivity index (χ1v) is 13.5. The molecule has 0 saturated carbocycles. The molecule has 192 valence electrons. The molecule has 0 saturated heterocycles. The Bertz CT molecular complexity index is 1660. The van der Waals surface area contributed by atoms with Gasteiger partial charge in [-0.15, -0.1) is 11.3 Å². The van der Waals surface area contributed by atoms with Gasteiger partial charge < -0.3 is 10.3 Å². The van der Waals surface area contributed by atoms with Crippen LogP contribution in [0.2, 0.25) is 0 Å². The van der Waals surface area contributed by atoms with Crippen molar-refractivity contribution in [3.05, 3.63) is 101 Å². The summed E-state index contributed by atoms with van der Waals surface area (Å²) < 4.78 is 0. The van der Waals surface area contributed by atoms with E-state index < -0.39 is 0 Å². The van der Waals surface area contributed by atoms with Gasteiger partial charge in [0.2, 0.25) is 0 Å². The minimum atomic E-state index is 0.534. The van der Waals surface area contributed by atoms with Gasteiger partial charge in [-0.25, -0.2) is 4.98 Å². The molecule has 0 aliphatic carbocycles. The number of H-pyrrole nitrogens is 2. The van der Waals surface area contributed by atoms with Crippen molar-refractivity contribution >= 4 is 33.6 Å². The van der Waals surface area contributed by atoms with Crippen LogP contribution >= 0.6 is 11.3 Å². The van der Waals surface area contributed by atoms with E-state index in [9.17, 15) is 0 Å². The average Bonchev–Trinajstić information content (AvgIpc) is 3.60. The standard InChI is InChI=1S/C31H32N6S/c1-7-8-25(29-10-9-20(5)38-29)26-14-28(35-21(26)6)30-27-13-23(16-33-31(27)37-36-30)22-12-24(17-32-15-22)34-19(4)11-18(2)3/h7-10,12-18,34-35H,1,4,11H2,2-3,5-6H3,(H,33,36,37)/b25-8+. The van der Waals surface area contributed by atoms with Crippen molar-refractivity contribution in [3.8, 4) is 22.5 Å². The van der Waals surface area contributed by atoms with Crippen LogP contribution in [0.25, 0.3) is 39.1 Å². The first-order chi connectivity index (χ1) is 18.3. The van der Waals surface area contributed by atoms with Gasteiger partial charge in [-0.05, 0) is 56.5 Å². The molecule has 38 heavy (non-hydrogen) atoms. The van der Waals surface area contributed by atoms with Crippen molar-refractivity contribution in [2.75, 3.05) is 5.32 Å². The maximum atomic E-state index is 4.63. The Kier molecular flexibility index (Phi) is 7.11. The summed E-state index contributed by atoms with van der Waals surface area (Å²) in [6.45, 7) is 16.7. The predicted molar refractivity (Wildman–Crippen MR) is 160 cm³/mol. The van der Waals surface area contributed by atoms with Crippen LogP contribution in [0.3, 0.4) is 0 Å². The highest BCUT2D eigenvalue weighted by molar-refractivity contribution is 7.13. The minimum absolute atomic E-state index is 0.534. The fourth-order valence-corrected chi connectivity index (χ4v) is 5.56. The van der Waals surface area contributed by atoms with Crippen LogP contribution in [0.5, 0.6) is 0 Å². The van der Waals surface area contributed by atoms with Crippen LogP contribution < -0.4 is 5.32 Å². The number of aryl methyl sites for hydroxylation is 2. The van der Waals surface area contributed by atoms with E-state index >= 15 is 0 Å². The predicted octanol–water partition coefficient (Wildman–Crippen LogP) is 8.28. The molecule has 0 fully saturated rings. The molecular weight excluding hydrogens is 488 g/mol. The van der Waals surface area contributed by atoms with Crippen molar-refractivity contribution < 1.29 is 0 Å². The van der Waals surface area contributed by atoms with Crippen molar-refractivity contribution in [3.63, 3.8) is 0 Å². The number of hydrogen-bond acceptors (Lipinski definition) is 5. The van der Waals surface area contributed by atoms with Crippen LogP contribution in [-0.2, 0) is 0 Å². The summed E-state index contributed by atoms with van der Waals surface area (Å²) in [4.78, 5) is 15.1. The minimum Gasteiger partial charge on any atom is -0.358 e. The second-order valence-electron chi connectivity index (χ2n) is 9.93. The Labute approximate surface area is 227 Å². The summed E-state index contributed by atoms with van der Waals surface area (Å²) >= 11 is 1.78. The molecule has 0 amide bonds. The fourth-order valence-electron chi connectivity index (χ4n) is 4.65. The number of fused-ring (bicyclic) bond motifs is 1. The summed E-state index contributed by atoms with van der Waals surface area (Å²) in [5, 5.41) is 12.0. The maximum Gasteiger partial charge on any atom is 0.181 e. The fraction of sp³-hybridized carbons (Fsp3) is 0.194. The number of thiophene rings is 1. The number of nitrogens with one attached hydrogen (secondary N) is 3. The van der Waals surface area contributed by atoms with E-state index in [4.69, 9.17) is 0 Å². The van der Waals surface area contributed by atoms with Gasteiger partial charge in [0.15, 0.2) is 5.65 Å². The van der Waals surface area contributed by atoms with E-state index in [0.29, 0.717) is 11.6 Å². The van der Waals surface area contributed by atoms with Crippen molar-refractivity contribution in [2.24, 2.45) is 5.92 Å². The number of nitrogens with zero attached hydrogens (tertiary/aromatic N) is 3. The zero-order valence-corrected chi connectivity index (χ0v) is 23.0. The third-order valence-electron chi connectivity index (χ3n) is 6.32. The van der Waals surface area contributed by atoms with E-state index in [1.807, 2.05) is 24.7 Å². The van der Waals surface area contributed by atoms with Gasteiger partial charge in [-0.2, -0.15) is 5.10 Å². The summed E-state index contributed by atoms with van der Waals surface area (Å²) in [7, 11) is 0. The van der Waals surface area contributed by atoms with Gasteiger partial charge in [0.25, 0.3) is 0 Å². The number of allylic oxidation sites excluding steroid dienone is 3. The van der Waals surface area contributed by atoms with Gasteiger partial charge in [-0.3, -0.25) is 10.1 Å². The van der Waals surface area contributed by atoms with Crippen LogP contribution in [-0.4, -0.2) is 25.1 Å². The number of rotatable bonds is 9. The Hall–Kier alpha value is -4.23. The van der Waals surface area contributed by atoms with Crippen molar-refractivity contribution in [2.45, 2.75) is 34.1 Å². The summed E-state index contributed by atoms with van der Waals surface area (Å²) in [6.07, 6.45) is 10.3. The highest BCUT2D eigenvalue weighted by Crippen LogP contribution is 2.36. The number of aromatic nitrogens is 5. The van der Waals surface area contributed by atoms with Gasteiger partial charge in [0, 0.05) is 61.2 Å².